The molecule has 0 bridgehead atoms. The van der Waals surface area contributed by atoms with E-state index < -0.39 is 0 Å². The van der Waals surface area contributed by atoms with Gasteiger partial charge in [-0.1, -0.05) is 26.0 Å². The first-order valence-electron chi connectivity index (χ1n) is 11.1. The van der Waals surface area contributed by atoms with E-state index in [2.05, 4.69) is 0 Å². The van der Waals surface area contributed by atoms with Crippen molar-refractivity contribution in [2.45, 2.75) is 71.0 Å². The Morgan fingerprint density at radius 2 is 1.69 bits per heavy atom. The predicted molar refractivity (Wildman–Crippen MR) is 122 cm³/mol. The molecule has 0 saturated heterocycles. The first kappa shape index (κ1) is 23.6. The number of rotatable bonds is 8. The number of phenols is 1. The largest absolute Gasteiger partial charge is 0.507 e. The second-order valence-corrected chi connectivity index (χ2v) is 8.63. The van der Waals surface area contributed by atoms with E-state index in [1.807, 2.05) is 38.1 Å². The summed E-state index contributed by atoms with van der Waals surface area (Å²) in [5, 5.41) is 10.6. The summed E-state index contributed by atoms with van der Waals surface area (Å²) in [6, 6.07) is 10.9. The number of aromatic hydroxyl groups is 1. The number of ketones is 1. The van der Waals surface area contributed by atoms with Crippen molar-refractivity contribution < 1.29 is 28.9 Å². The highest BCUT2D eigenvalue weighted by Gasteiger charge is 2.27. The highest BCUT2D eigenvalue weighted by atomic mass is 16.5. The lowest BCUT2D eigenvalue weighted by molar-refractivity contribution is -0.139. The van der Waals surface area contributed by atoms with Crippen molar-refractivity contribution in [1.29, 1.82) is 0 Å². The Labute approximate surface area is 189 Å². The van der Waals surface area contributed by atoms with E-state index in [0.717, 1.165) is 37.0 Å². The fourth-order valence-corrected chi connectivity index (χ4v) is 4.15. The molecule has 172 valence electrons. The molecule has 3 rings (SSSR count). The van der Waals surface area contributed by atoms with Crippen molar-refractivity contribution in [3.05, 3.63) is 53.1 Å². The zero-order valence-corrected chi connectivity index (χ0v) is 19.2. The van der Waals surface area contributed by atoms with Crippen molar-refractivity contribution in [3.63, 3.8) is 0 Å². The van der Waals surface area contributed by atoms with Crippen LogP contribution in [0, 0.1) is 0 Å². The van der Waals surface area contributed by atoms with Gasteiger partial charge in [0, 0.05) is 12.0 Å². The smallest absolute Gasteiger partial charge is 0.309 e. The lowest BCUT2D eigenvalue weighted by Crippen LogP contribution is -2.32. The van der Waals surface area contributed by atoms with Gasteiger partial charge in [0.25, 0.3) is 0 Å². The topological polar surface area (TPSA) is 82.1 Å². The molecule has 0 radical (unpaired) electrons. The zero-order chi connectivity index (χ0) is 23.3. The van der Waals surface area contributed by atoms with Gasteiger partial charge in [-0.15, -0.1) is 0 Å². The van der Waals surface area contributed by atoms with Crippen molar-refractivity contribution >= 4 is 11.8 Å². The minimum Gasteiger partial charge on any atom is -0.507 e. The quantitative estimate of drug-likeness (QED) is 0.449. The van der Waals surface area contributed by atoms with Gasteiger partial charge in [-0.05, 0) is 61.9 Å². The molecule has 0 heterocycles. The number of methoxy groups -OCH3 is 1. The van der Waals surface area contributed by atoms with Crippen LogP contribution in [0.5, 0.6) is 17.2 Å². The minimum atomic E-state index is -0.269. The Hall–Kier alpha value is -3.02. The highest BCUT2D eigenvalue weighted by molar-refractivity contribution is 5.97. The van der Waals surface area contributed by atoms with Crippen LogP contribution < -0.4 is 9.47 Å². The number of ether oxygens (including phenoxy) is 3. The number of Topliss-reactive ketones (excluding diaryl/α,β-unsaturated/α-hetero) is 1. The van der Waals surface area contributed by atoms with Gasteiger partial charge in [-0.25, -0.2) is 0 Å². The maximum absolute atomic E-state index is 11.8. The van der Waals surface area contributed by atoms with Gasteiger partial charge in [0.2, 0.25) is 0 Å². The third kappa shape index (κ3) is 5.81. The number of esters is 1. The number of carbonyl (C=O) groups is 2. The number of phenolic OH excluding ortho intramolecular Hbond substituents is 1. The molecule has 6 nitrogen and oxygen atoms in total. The average Bonchev–Trinajstić information content (AvgIpc) is 2.75. The van der Waals surface area contributed by atoms with E-state index in [-0.39, 0.29) is 42.0 Å². The molecular formula is C26H32O6. The Bertz CT molecular complexity index is 948. The van der Waals surface area contributed by atoms with Crippen LogP contribution in [0.4, 0.5) is 0 Å². The van der Waals surface area contributed by atoms with Crippen molar-refractivity contribution in [3.8, 4) is 17.2 Å². The van der Waals surface area contributed by atoms with Crippen LogP contribution in [-0.4, -0.2) is 36.2 Å². The predicted octanol–water partition coefficient (Wildman–Crippen LogP) is 5.20. The summed E-state index contributed by atoms with van der Waals surface area (Å²) in [6.45, 7) is 5.40. The third-order valence-electron chi connectivity index (χ3n) is 5.81. The summed E-state index contributed by atoms with van der Waals surface area (Å²) in [5.41, 5.74) is 1.87. The standard InChI is InChI=1S/C26H32O6/c1-16(2)25-23(13-12-22(17(3)27)26(25)29)32-21-7-5-6-20(15-21)31-19-10-8-18(9-11-19)14-24(28)30-4/h8-13,16,20-21,29H,5-7,14-15H2,1-4H3/t20-,21+/m1/s1. The van der Waals surface area contributed by atoms with Gasteiger partial charge in [0.15, 0.2) is 5.78 Å². The van der Waals surface area contributed by atoms with Crippen LogP contribution in [0.3, 0.4) is 0 Å². The molecule has 0 aliphatic heterocycles. The molecule has 1 aliphatic carbocycles. The molecular weight excluding hydrogens is 408 g/mol. The Balaban J connectivity index is 1.66. The summed E-state index contributed by atoms with van der Waals surface area (Å²) in [6.07, 6.45) is 3.78. The molecule has 0 aromatic heterocycles. The van der Waals surface area contributed by atoms with Crippen LogP contribution in [0.1, 0.15) is 73.9 Å². The van der Waals surface area contributed by atoms with Gasteiger partial charge < -0.3 is 19.3 Å². The second-order valence-electron chi connectivity index (χ2n) is 8.63. The molecule has 6 heteroatoms. The molecule has 1 saturated carbocycles. The average molecular weight is 441 g/mol. The molecule has 32 heavy (non-hydrogen) atoms. The zero-order valence-electron chi connectivity index (χ0n) is 19.2. The van der Waals surface area contributed by atoms with Gasteiger partial charge in [0.1, 0.15) is 29.5 Å². The number of benzene rings is 2. The van der Waals surface area contributed by atoms with Crippen molar-refractivity contribution in [2.24, 2.45) is 0 Å². The molecule has 2 atom stereocenters. The van der Waals surface area contributed by atoms with Gasteiger partial charge in [0.05, 0.1) is 19.1 Å². The molecule has 0 unspecified atom stereocenters. The maximum atomic E-state index is 11.8. The lowest BCUT2D eigenvalue weighted by atomic mass is 9.93. The minimum absolute atomic E-state index is 0.0145. The van der Waals surface area contributed by atoms with Gasteiger partial charge >= 0.3 is 5.97 Å². The first-order valence-corrected chi connectivity index (χ1v) is 11.1. The summed E-state index contributed by atoms with van der Waals surface area (Å²) < 4.78 is 17.2. The van der Waals surface area contributed by atoms with E-state index in [9.17, 15) is 14.7 Å². The van der Waals surface area contributed by atoms with E-state index in [1.165, 1.54) is 14.0 Å². The monoisotopic (exact) mass is 440 g/mol. The molecule has 0 amide bonds. The van der Waals surface area contributed by atoms with Crippen LogP contribution in [-0.2, 0) is 16.0 Å². The number of hydrogen-bond acceptors (Lipinski definition) is 6. The van der Waals surface area contributed by atoms with Gasteiger partial charge in [-0.2, -0.15) is 0 Å². The first-order chi connectivity index (χ1) is 15.3. The fourth-order valence-electron chi connectivity index (χ4n) is 4.15. The molecule has 2 aromatic carbocycles. The normalized spacial score (nSPS) is 18.3. The molecule has 2 aromatic rings. The third-order valence-corrected chi connectivity index (χ3v) is 5.81. The highest BCUT2D eigenvalue weighted by Crippen LogP contribution is 2.39. The van der Waals surface area contributed by atoms with E-state index in [0.29, 0.717) is 16.9 Å². The summed E-state index contributed by atoms with van der Waals surface area (Å²) in [4.78, 5) is 23.2. The van der Waals surface area contributed by atoms with Crippen molar-refractivity contribution in [2.75, 3.05) is 7.11 Å². The SMILES string of the molecule is COC(=O)Cc1ccc(O[C@@H]2CCC[C@H](Oc3ccc(C(C)=O)c(O)c3C(C)C)C2)cc1. The molecule has 1 fully saturated rings. The Kier molecular flexibility index (Phi) is 7.78. The number of hydrogen-bond donors (Lipinski definition) is 1. The Morgan fingerprint density at radius 1 is 1.03 bits per heavy atom. The molecule has 0 spiro atoms. The van der Waals surface area contributed by atoms with E-state index in [4.69, 9.17) is 14.2 Å². The van der Waals surface area contributed by atoms with Crippen molar-refractivity contribution in [1.82, 2.24) is 0 Å². The summed E-state index contributed by atoms with van der Waals surface area (Å²) in [5.74, 6) is 0.980. The van der Waals surface area contributed by atoms with Crippen LogP contribution >= 0.6 is 0 Å². The summed E-state index contributed by atoms with van der Waals surface area (Å²) in [7, 11) is 1.38. The van der Waals surface area contributed by atoms with E-state index in [1.54, 1.807) is 12.1 Å². The van der Waals surface area contributed by atoms with Crippen LogP contribution in [0.2, 0.25) is 0 Å². The second kappa shape index (κ2) is 10.5. The molecule has 1 aliphatic rings. The van der Waals surface area contributed by atoms with Crippen LogP contribution in [0.25, 0.3) is 0 Å². The van der Waals surface area contributed by atoms with Gasteiger partial charge in [-0.3, -0.25) is 9.59 Å². The maximum Gasteiger partial charge on any atom is 0.309 e. The molecule has 1 N–H and O–H groups in total. The summed E-state index contributed by atoms with van der Waals surface area (Å²) >= 11 is 0. The lowest BCUT2D eigenvalue weighted by Gasteiger charge is -2.31. The van der Waals surface area contributed by atoms with Crippen LogP contribution in [0.15, 0.2) is 36.4 Å². The van der Waals surface area contributed by atoms with E-state index >= 15 is 0 Å². The fraction of sp³-hybridized carbons (Fsp3) is 0.462. The Morgan fingerprint density at radius 3 is 2.28 bits per heavy atom. The number of carbonyl (C=O) groups excluding carboxylic acids is 2.